The Morgan fingerprint density at radius 2 is 2.11 bits per heavy atom. The van der Waals surface area contributed by atoms with Gasteiger partial charge in [0, 0.05) is 58.5 Å². The fourth-order valence-electron chi connectivity index (χ4n) is 3.62. The average Bonchev–Trinajstić information content (AvgIpc) is 3.39. The molecule has 0 spiro atoms. The van der Waals surface area contributed by atoms with Crippen molar-refractivity contribution in [1.29, 1.82) is 0 Å². The molecule has 27 heavy (non-hydrogen) atoms. The molecular weight excluding hydrogens is 340 g/mol. The molecule has 0 aliphatic carbocycles. The van der Waals surface area contributed by atoms with Crippen LogP contribution in [0.2, 0.25) is 0 Å². The third-order valence-corrected chi connectivity index (χ3v) is 5.13. The van der Waals surface area contributed by atoms with Gasteiger partial charge in [-0.05, 0) is 24.1 Å². The van der Waals surface area contributed by atoms with Gasteiger partial charge in [-0.2, -0.15) is 0 Å². The minimum Gasteiger partial charge on any atom is -0.382 e. The molecule has 2 aliphatic rings. The fourth-order valence-corrected chi connectivity index (χ4v) is 3.62. The third kappa shape index (κ3) is 5.71. The highest BCUT2D eigenvalue weighted by atomic mass is 16.5. The summed E-state index contributed by atoms with van der Waals surface area (Å²) in [6.07, 6.45) is 5.58. The second-order valence-electron chi connectivity index (χ2n) is 7.12. The summed E-state index contributed by atoms with van der Waals surface area (Å²) in [5, 5.41) is 3.52. The summed E-state index contributed by atoms with van der Waals surface area (Å²) in [6, 6.07) is 8.75. The molecule has 1 fully saturated rings. The number of benzene rings is 1. The first-order chi connectivity index (χ1) is 13.3. The maximum absolute atomic E-state index is 5.69. The number of aliphatic imine (C=N–C) groups is 1. The Hall–Kier alpha value is -2.05. The van der Waals surface area contributed by atoms with Gasteiger partial charge in [0.15, 0.2) is 5.96 Å². The van der Waals surface area contributed by atoms with Gasteiger partial charge in [0.05, 0.1) is 19.8 Å². The molecule has 1 aromatic carbocycles. The number of hydrogen-bond donors (Lipinski definition) is 1. The molecule has 0 amide bonds. The van der Waals surface area contributed by atoms with Crippen molar-refractivity contribution >= 4 is 11.6 Å². The highest BCUT2D eigenvalue weighted by Gasteiger charge is 2.24. The van der Waals surface area contributed by atoms with Gasteiger partial charge in [-0.15, -0.1) is 0 Å². The van der Waals surface area contributed by atoms with Gasteiger partial charge in [0.1, 0.15) is 0 Å². The van der Waals surface area contributed by atoms with E-state index in [1.54, 1.807) is 7.11 Å². The molecule has 6 nitrogen and oxygen atoms in total. The van der Waals surface area contributed by atoms with Crippen LogP contribution in [0.1, 0.15) is 12.0 Å². The van der Waals surface area contributed by atoms with Crippen LogP contribution in [0, 0.1) is 5.92 Å². The fraction of sp³-hybridized carbons (Fsp3) is 0.571. The topological polar surface area (TPSA) is 49.3 Å². The third-order valence-electron chi connectivity index (χ3n) is 5.13. The van der Waals surface area contributed by atoms with E-state index in [1.807, 2.05) is 7.05 Å². The first-order valence-corrected chi connectivity index (χ1v) is 9.81. The van der Waals surface area contributed by atoms with Crippen molar-refractivity contribution in [2.24, 2.45) is 10.9 Å². The van der Waals surface area contributed by atoms with Crippen molar-refractivity contribution in [2.45, 2.75) is 13.0 Å². The Morgan fingerprint density at radius 1 is 1.26 bits per heavy atom. The van der Waals surface area contributed by atoms with Gasteiger partial charge in [-0.25, -0.2) is 0 Å². The number of rotatable bonds is 8. The summed E-state index contributed by atoms with van der Waals surface area (Å²) < 4.78 is 10.7. The zero-order valence-corrected chi connectivity index (χ0v) is 16.6. The number of hydrogen-bond acceptors (Lipinski definition) is 4. The maximum Gasteiger partial charge on any atom is 0.193 e. The monoisotopic (exact) mass is 372 g/mol. The van der Waals surface area contributed by atoms with Crippen LogP contribution in [-0.4, -0.2) is 71.0 Å². The van der Waals surface area contributed by atoms with Crippen molar-refractivity contribution in [3.05, 3.63) is 42.0 Å². The summed E-state index contributed by atoms with van der Waals surface area (Å²) in [5.74, 6) is 1.54. The van der Waals surface area contributed by atoms with Crippen LogP contribution in [0.15, 0.2) is 41.4 Å². The number of guanidine groups is 1. The lowest BCUT2D eigenvalue weighted by atomic mass is 10.1. The minimum atomic E-state index is 0.561. The summed E-state index contributed by atoms with van der Waals surface area (Å²) in [4.78, 5) is 9.18. The van der Waals surface area contributed by atoms with Crippen molar-refractivity contribution in [3.63, 3.8) is 0 Å². The van der Waals surface area contributed by atoms with Gasteiger partial charge in [0.2, 0.25) is 0 Å². The maximum atomic E-state index is 5.69. The largest absolute Gasteiger partial charge is 0.382 e. The van der Waals surface area contributed by atoms with E-state index in [0.717, 1.165) is 51.7 Å². The van der Waals surface area contributed by atoms with Crippen LogP contribution in [0.4, 0.5) is 5.69 Å². The van der Waals surface area contributed by atoms with Crippen LogP contribution in [0.5, 0.6) is 0 Å². The molecule has 0 saturated carbocycles. The lowest BCUT2D eigenvalue weighted by molar-refractivity contribution is 0.0536. The number of ether oxygens (including phenoxy) is 2. The molecule has 1 aromatic rings. The highest BCUT2D eigenvalue weighted by Crippen LogP contribution is 2.19. The molecule has 6 heteroatoms. The van der Waals surface area contributed by atoms with Gasteiger partial charge in [-0.3, -0.25) is 4.99 Å². The normalized spacial score (nSPS) is 19.9. The number of likely N-dealkylation sites (tertiary alicyclic amines) is 1. The van der Waals surface area contributed by atoms with Crippen LogP contribution in [-0.2, 0) is 16.0 Å². The van der Waals surface area contributed by atoms with Crippen LogP contribution in [0.25, 0.3) is 0 Å². The smallest absolute Gasteiger partial charge is 0.193 e. The molecule has 1 unspecified atom stereocenters. The van der Waals surface area contributed by atoms with E-state index >= 15 is 0 Å². The summed E-state index contributed by atoms with van der Waals surface area (Å²) in [7, 11) is 3.56. The molecule has 148 valence electrons. The first kappa shape index (κ1) is 19.7. The molecule has 3 rings (SSSR count). The number of anilines is 1. The second-order valence-corrected chi connectivity index (χ2v) is 7.12. The van der Waals surface area contributed by atoms with Gasteiger partial charge in [0.25, 0.3) is 0 Å². The lowest BCUT2D eigenvalue weighted by Gasteiger charge is -2.22. The molecule has 1 N–H and O–H groups in total. The zero-order valence-electron chi connectivity index (χ0n) is 16.6. The van der Waals surface area contributed by atoms with Crippen molar-refractivity contribution in [1.82, 2.24) is 10.2 Å². The van der Waals surface area contributed by atoms with Gasteiger partial charge in [-0.1, -0.05) is 24.3 Å². The molecule has 2 heterocycles. The Morgan fingerprint density at radius 3 is 2.89 bits per heavy atom. The average molecular weight is 373 g/mol. The minimum absolute atomic E-state index is 0.561. The number of nitrogens with one attached hydrogen (secondary N) is 1. The highest BCUT2D eigenvalue weighted by molar-refractivity contribution is 5.80. The predicted molar refractivity (Wildman–Crippen MR) is 110 cm³/mol. The first-order valence-electron chi connectivity index (χ1n) is 9.81. The number of methoxy groups -OCH3 is 1. The van der Waals surface area contributed by atoms with Crippen LogP contribution >= 0.6 is 0 Å². The molecule has 1 saturated heterocycles. The number of nitrogens with zero attached hydrogens (tertiary/aromatic N) is 3. The molecule has 0 aromatic heterocycles. The zero-order chi connectivity index (χ0) is 18.9. The molecule has 1 atom stereocenters. The van der Waals surface area contributed by atoms with Crippen molar-refractivity contribution in [3.8, 4) is 0 Å². The van der Waals surface area contributed by atoms with E-state index < -0.39 is 0 Å². The summed E-state index contributed by atoms with van der Waals surface area (Å²) in [5.41, 5.74) is 2.56. The van der Waals surface area contributed by atoms with Crippen molar-refractivity contribution in [2.75, 3.05) is 65.1 Å². The van der Waals surface area contributed by atoms with E-state index in [-0.39, 0.29) is 0 Å². The Kier molecular flexibility index (Phi) is 7.54. The van der Waals surface area contributed by atoms with Crippen LogP contribution < -0.4 is 10.2 Å². The Labute approximate surface area is 162 Å². The Bertz CT molecular complexity index is 639. The summed E-state index contributed by atoms with van der Waals surface area (Å²) >= 11 is 0. The second kappa shape index (κ2) is 10.3. The van der Waals surface area contributed by atoms with Gasteiger partial charge < -0.3 is 24.6 Å². The standard InChI is InChI=1S/C21H32N4O2/c1-22-21(25-11-8-19(16-25)17-27-13-12-26-2)23-15-18-6-5-7-20(14-18)24-9-3-4-10-24/h3-7,14,19H,8-13,15-17H2,1-2H3,(H,22,23). The quantitative estimate of drug-likeness (QED) is 0.328. The van der Waals surface area contributed by atoms with E-state index in [0.29, 0.717) is 19.1 Å². The molecular formula is C21H32N4O2. The van der Waals surface area contributed by atoms with E-state index in [1.165, 1.54) is 11.3 Å². The SMILES string of the molecule is CN=C(NCc1cccc(N2CC=CC2)c1)N1CCC(COCCOC)C1. The van der Waals surface area contributed by atoms with Crippen LogP contribution in [0.3, 0.4) is 0 Å². The summed E-state index contributed by atoms with van der Waals surface area (Å²) in [6.45, 7) is 6.93. The molecule has 0 radical (unpaired) electrons. The van der Waals surface area contributed by atoms with Gasteiger partial charge >= 0.3 is 0 Å². The predicted octanol–water partition coefficient (Wildman–Crippen LogP) is 2.12. The lowest BCUT2D eigenvalue weighted by Crippen LogP contribution is -2.39. The Balaban J connectivity index is 1.46. The molecule has 0 bridgehead atoms. The van der Waals surface area contributed by atoms with Crippen molar-refractivity contribution < 1.29 is 9.47 Å². The van der Waals surface area contributed by atoms with E-state index in [2.05, 4.69) is 56.5 Å². The molecule has 2 aliphatic heterocycles. The van der Waals surface area contributed by atoms with E-state index in [9.17, 15) is 0 Å². The van der Waals surface area contributed by atoms with E-state index in [4.69, 9.17) is 9.47 Å².